The first-order valence-corrected chi connectivity index (χ1v) is 8.67. The lowest BCUT2D eigenvalue weighted by atomic mass is 9.97. The van der Waals surface area contributed by atoms with Gasteiger partial charge in [-0.1, -0.05) is 26.7 Å². The summed E-state index contributed by atoms with van der Waals surface area (Å²) in [6.45, 7) is 9.16. The summed E-state index contributed by atoms with van der Waals surface area (Å²) < 4.78 is 29.2. The molecule has 0 amide bonds. The Balaban J connectivity index is 2.07. The fraction of sp³-hybridized carbons (Fsp3) is 0.941. The van der Waals surface area contributed by atoms with Gasteiger partial charge in [0.15, 0.2) is 24.0 Å². The van der Waals surface area contributed by atoms with Gasteiger partial charge in [-0.05, 0) is 26.7 Å². The molecule has 2 aliphatic heterocycles. The van der Waals surface area contributed by atoms with Crippen molar-refractivity contribution in [1.29, 1.82) is 0 Å². The second kappa shape index (κ2) is 8.03. The quantitative estimate of drug-likeness (QED) is 0.453. The number of unbranched alkanes of at least 4 members (excludes halogenated alkanes) is 2. The van der Waals surface area contributed by atoms with Gasteiger partial charge in [-0.2, -0.15) is 0 Å². The summed E-state index contributed by atoms with van der Waals surface area (Å²) in [5.74, 6) is -0.736. The lowest BCUT2D eigenvalue weighted by Crippen LogP contribution is -2.51. The largest absolute Gasteiger partial charge is 0.378 e. The van der Waals surface area contributed by atoms with E-state index >= 15 is 0 Å². The molecule has 2 saturated heterocycles. The molecule has 0 N–H and O–H groups in total. The monoisotopic (exact) mass is 330 g/mol. The maximum Gasteiger partial charge on any atom is 0.191 e. The van der Waals surface area contributed by atoms with Crippen LogP contribution in [0.2, 0.25) is 0 Å². The molecule has 0 aliphatic carbocycles. The highest BCUT2D eigenvalue weighted by atomic mass is 16.8. The van der Waals surface area contributed by atoms with Gasteiger partial charge >= 0.3 is 0 Å². The Kier molecular flexibility index (Phi) is 6.57. The summed E-state index contributed by atoms with van der Waals surface area (Å²) in [4.78, 5) is 11.8. The molecule has 0 aromatic carbocycles. The van der Waals surface area contributed by atoms with Crippen molar-refractivity contribution in [3.63, 3.8) is 0 Å². The minimum absolute atomic E-state index is 0.160. The van der Waals surface area contributed by atoms with E-state index in [1.807, 2.05) is 13.8 Å². The van der Waals surface area contributed by atoms with Crippen molar-refractivity contribution in [3.8, 4) is 0 Å². The van der Waals surface area contributed by atoms with E-state index in [1.54, 1.807) is 0 Å². The average molecular weight is 330 g/mol. The van der Waals surface area contributed by atoms with Gasteiger partial charge in [0.2, 0.25) is 0 Å². The summed E-state index contributed by atoms with van der Waals surface area (Å²) in [5.41, 5.74) is -1.16. The Bertz CT molecular complexity index is 385. The zero-order valence-electron chi connectivity index (χ0n) is 14.7. The van der Waals surface area contributed by atoms with Gasteiger partial charge in [0.1, 0.15) is 12.2 Å². The summed E-state index contributed by atoms with van der Waals surface area (Å²) in [6, 6.07) is 0. The lowest BCUT2D eigenvalue weighted by molar-refractivity contribution is -0.244. The smallest absolute Gasteiger partial charge is 0.191 e. The number of fused-ring (bicyclic) bond motifs is 1. The Morgan fingerprint density at radius 2 is 1.74 bits per heavy atom. The lowest BCUT2D eigenvalue weighted by Gasteiger charge is -2.32. The number of carbonyl (C=O) groups excluding carboxylic acids is 1. The molecule has 134 valence electrons. The van der Waals surface area contributed by atoms with Crippen molar-refractivity contribution in [3.05, 3.63) is 0 Å². The molecule has 2 fully saturated rings. The standard InChI is InChI=1S/C17H30O6/c1-5-7-9-19-12-17(11-18)14(20-10-8-6-2)13-15(23-17)22-16(3,4)21-13/h11,13-15H,5-10,12H2,1-4H3/t13-,14?,15-,17+/m0/s1. The number of aldehydes is 1. The molecule has 2 rings (SSSR count). The highest BCUT2D eigenvalue weighted by molar-refractivity contribution is 5.65. The van der Waals surface area contributed by atoms with Crippen molar-refractivity contribution < 1.29 is 28.5 Å². The third kappa shape index (κ3) is 4.31. The second-order valence-electron chi connectivity index (χ2n) is 6.71. The van der Waals surface area contributed by atoms with Gasteiger partial charge in [0.05, 0.1) is 6.61 Å². The molecule has 0 radical (unpaired) electrons. The second-order valence-corrected chi connectivity index (χ2v) is 6.71. The van der Waals surface area contributed by atoms with E-state index in [1.165, 1.54) is 0 Å². The molecule has 4 atom stereocenters. The molecule has 6 heteroatoms. The van der Waals surface area contributed by atoms with Crippen LogP contribution in [0.4, 0.5) is 0 Å². The Morgan fingerprint density at radius 1 is 1.04 bits per heavy atom. The van der Waals surface area contributed by atoms with Gasteiger partial charge in [-0.15, -0.1) is 0 Å². The first-order valence-electron chi connectivity index (χ1n) is 8.67. The maximum absolute atomic E-state index is 11.8. The van der Waals surface area contributed by atoms with Gasteiger partial charge in [0.25, 0.3) is 0 Å². The topological polar surface area (TPSA) is 63.2 Å². The van der Waals surface area contributed by atoms with Crippen LogP contribution in [0.1, 0.15) is 53.4 Å². The van der Waals surface area contributed by atoms with E-state index in [0.717, 1.165) is 32.0 Å². The van der Waals surface area contributed by atoms with E-state index in [-0.39, 0.29) is 6.61 Å². The molecule has 0 aromatic rings. The minimum atomic E-state index is -1.16. The van der Waals surface area contributed by atoms with E-state index in [2.05, 4.69) is 13.8 Å². The van der Waals surface area contributed by atoms with E-state index in [9.17, 15) is 4.79 Å². The highest BCUT2D eigenvalue weighted by Crippen LogP contribution is 2.43. The van der Waals surface area contributed by atoms with Crippen LogP contribution in [0.25, 0.3) is 0 Å². The van der Waals surface area contributed by atoms with Crippen LogP contribution in [0.15, 0.2) is 0 Å². The molecule has 23 heavy (non-hydrogen) atoms. The molecular weight excluding hydrogens is 300 g/mol. The molecule has 0 bridgehead atoms. The van der Waals surface area contributed by atoms with Gasteiger partial charge in [0, 0.05) is 13.2 Å². The number of ether oxygens (including phenoxy) is 5. The van der Waals surface area contributed by atoms with Crippen LogP contribution in [-0.4, -0.2) is 56.0 Å². The normalized spacial score (nSPS) is 35.4. The maximum atomic E-state index is 11.8. The molecule has 0 spiro atoms. The molecule has 1 unspecified atom stereocenters. The highest BCUT2D eigenvalue weighted by Gasteiger charge is 2.63. The number of rotatable bonds is 10. The Labute approximate surface area is 138 Å². The molecule has 6 nitrogen and oxygen atoms in total. The van der Waals surface area contributed by atoms with Crippen LogP contribution >= 0.6 is 0 Å². The fourth-order valence-electron chi connectivity index (χ4n) is 2.93. The third-order valence-electron chi connectivity index (χ3n) is 4.17. The van der Waals surface area contributed by atoms with Crippen LogP contribution in [0.3, 0.4) is 0 Å². The molecule has 2 heterocycles. The summed E-state index contributed by atoms with van der Waals surface area (Å²) >= 11 is 0. The predicted octanol–water partition coefficient (Wildman–Crippen LogP) is 2.43. The molecular formula is C17H30O6. The van der Waals surface area contributed by atoms with E-state index < -0.39 is 29.9 Å². The predicted molar refractivity (Wildman–Crippen MR) is 84.1 cm³/mol. The van der Waals surface area contributed by atoms with Gasteiger partial charge in [-0.3, -0.25) is 4.79 Å². The number of carbonyl (C=O) groups is 1. The van der Waals surface area contributed by atoms with Crippen LogP contribution in [0, 0.1) is 0 Å². The van der Waals surface area contributed by atoms with E-state index in [0.29, 0.717) is 13.2 Å². The van der Waals surface area contributed by atoms with Crippen LogP contribution in [0.5, 0.6) is 0 Å². The Morgan fingerprint density at radius 3 is 2.39 bits per heavy atom. The van der Waals surface area contributed by atoms with Crippen molar-refractivity contribution in [2.24, 2.45) is 0 Å². The van der Waals surface area contributed by atoms with Crippen LogP contribution in [-0.2, 0) is 28.5 Å². The SMILES string of the molecule is CCCCOC[C@@]1(C=O)O[C@@H]2OC(C)(C)O[C@H]2C1OCCCC. The van der Waals surface area contributed by atoms with Crippen molar-refractivity contribution in [1.82, 2.24) is 0 Å². The molecule has 0 aromatic heterocycles. The minimum Gasteiger partial charge on any atom is -0.378 e. The molecule has 2 aliphatic rings. The van der Waals surface area contributed by atoms with Gasteiger partial charge in [-0.25, -0.2) is 0 Å². The number of hydrogen-bond donors (Lipinski definition) is 0. The zero-order chi connectivity index (χ0) is 16.9. The van der Waals surface area contributed by atoms with Crippen molar-refractivity contribution >= 4 is 6.29 Å². The Hall–Kier alpha value is -0.530. The zero-order valence-corrected chi connectivity index (χ0v) is 14.7. The first-order chi connectivity index (χ1) is 11.0. The third-order valence-corrected chi connectivity index (χ3v) is 4.17. The number of hydrogen-bond acceptors (Lipinski definition) is 6. The summed E-state index contributed by atoms with van der Waals surface area (Å²) in [6.07, 6.45) is 3.18. The summed E-state index contributed by atoms with van der Waals surface area (Å²) in [5, 5.41) is 0. The molecule has 0 saturated carbocycles. The summed E-state index contributed by atoms with van der Waals surface area (Å²) in [7, 11) is 0. The van der Waals surface area contributed by atoms with E-state index in [4.69, 9.17) is 23.7 Å². The first kappa shape index (κ1) is 18.8. The average Bonchev–Trinajstić information content (AvgIpc) is 2.94. The fourth-order valence-corrected chi connectivity index (χ4v) is 2.93. The van der Waals surface area contributed by atoms with Crippen LogP contribution < -0.4 is 0 Å². The van der Waals surface area contributed by atoms with Crippen molar-refractivity contribution in [2.45, 2.75) is 83.3 Å². The van der Waals surface area contributed by atoms with Crippen molar-refractivity contribution in [2.75, 3.05) is 19.8 Å². The van der Waals surface area contributed by atoms with Gasteiger partial charge < -0.3 is 23.7 Å².